The highest BCUT2D eigenvalue weighted by Crippen LogP contribution is 2.31. The standard InChI is InChI=1S/C14H19ClN4S/c1-4-7-16-9(2)12-6-5-11(8-13(12)15)20-14-17-10(3)18-19-14/h5-6,8-9,16H,4,7H2,1-3H3,(H,17,18,19). The summed E-state index contributed by atoms with van der Waals surface area (Å²) < 4.78 is 0. The van der Waals surface area contributed by atoms with Crippen LogP contribution in [0.5, 0.6) is 0 Å². The third-order valence-electron chi connectivity index (χ3n) is 2.92. The molecular formula is C14H19ClN4S. The van der Waals surface area contributed by atoms with Gasteiger partial charge in [0.1, 0.15) is 5.82 Å². The fourth-order valence-corrected chi connectivity index (χ4v) is 3.07. The first-order valence-corrected chi connectivity index (χ1v) is 7.89. The van der Waals surface area contributed by atoms with Crippen LogP contribution in [0, 0.1) is 6.92 Å². The Hall–Kier alpha value is -1.04. The highest BCUT2D eigenvalue weighted by molar-refractivity contribution is 7.99. The third kappa shape index (κ3) is 3.98. The number of nitrogens with zero attached hydrogens (tertiary/aromatic N) is 2. The molecular weight excluding hydrogens is 292 g/mol. The van der Waals surface area contributed by atoms with Gasteiger partial charge in [-0.15, -0.1) is 5.10 Å². The average Bonchev–Trinajstić information content (AvgIpc) is 2.81. The minimum atomic E-state index is 0.257. The molecule has 108 valence electrons. The van der Waals surface area contributed by atoms with E-state index in [2.05, 4.69) is 46.5 Å². The van der Waals surface area contributed by atoms with Crippen LogP contribution < -0.4 is 5.32 Å². The van der Waals surface area contributed by atoms with E-state index in [0.717, 1.165) is 34.3 Å². The SMILES string of the molecule is CCCNC(C)c1ccc(Sc2n[nH]c(C)n2)cc1Cl. The van der Waals surface area contributed by atoms with E-state index in [-0.39, 0.29) is 6.04 Å². The maximum absolute atomic E-state index is 6.37. The molecule has 20 heavy (non-hydrogen) atoms. The Morgan fingerprint density at radius 2 is 2.25 bits per heavy atom. The van der Waals surface area contributed by atoms with E-state index in [9.17, 15) is 0 Å². The summed E-state index contributed by atoms with van der Waals surface area (Å²) in [4.78, 5) is 5.32. The summed E-state index contributed by atoms with van der Waals surface area (Å²) in [6.07, 6.45) is 1.11. The van der Waals surface area contributed by atoms with Crippen LogP contribution >= 0.6 is 23.4 Å². The lowest BCUT2D eigenvalue weighted by atomic mass is 10.1. The van der Waals surface area contributed by atoms with Gasteiger partial charge in [0.2, 0.25) is 5.16 Å². The molecule has 0 aliphatic heterocycles. The van der Waals surface area contributed by atoms with E-state index in [4.69, 9.17) is 11.6 Å². The number of aryl methyl sites for hydroxylation is 1. The van der Waals surface area contributed by atoms with E-state index in [1.54, 1.807) is 0 Å². The van der Waals surface area contributed by atoms with Gasteiger partial charge in [0.15, 0.2) is 0 Å². The van der Waals surface area contributed by atoms with Crippen LogP contribution in [0.2, 0.25) is 5.02 Å². The lowest BCUT2D eigenvalue weighted by Crippen LogP contribution is -2.19. The molecule has 2 N–H and O–H groups in total. The summed E-state index contributed by atoms with van der Waals surface area (Å²) >= 11 is 7.88. The van der Waals surface area contributed by atoms with Crippen molar-refractivity contribution in [2.45, 2.75) is 43.3 Å². The van der Waals surface area contributed by atoms with E-state index < -0.39 is 0 Å². The molecule has 1 atom stereocenters. The highest BCUT2D eigenvalue weighted by Gasteiger charge is 2.11. The Kier molecular flexibility index (Phi) is 5.46. The predicted molar refractivity (Wildman–Crippen MR) is 83.4 cm³/mol. The number of hydrogen-bond donors (Lipinski definition) is 2. The summed E-state index contributed by atoms with van der Waals surface area (Å²) in [6, 6.07) is 6.35. The van der Waals surface area contributed by atoms with Crippen molar-refractivity contribution in [3.63, 3.8) is 0 Å². The van der Waals surface area contributed by atoms with Gasteiger partial charge in [-0.3, -0.25) is 5.10 Å². The van der Waals surface area contributed by atoms with Crippen LogP contribution in [0.4, 0.5) is 0 Å². The van der Waals surface area contributed by atoms with Crippen molar-refractivity contribution in [2.75, 3.05) is 6.54 Å². The second kappa shape index (κ2) is 7.11. The van der Waals surface area contributed by atoms with Crippen LogP contribution in [-0.2, 0) is 0 Å². The Morgan fingerprint density at radius 1 is 1.45 bits per heavy atom. The molecule has 0 saturated heterocycles. The number of benzene rings is 1. The van der Waals surface area contributed by atoms with Crippen molar-refractivity contribution in [1.29, 1.82) is 0 Å². The molecule has 0 saturated carbocycles. The largest absolute Gasteiger partial charge is 0.310 e. The van der Waals surface area contributed by atoms with Crippen molar-refractivity contribution in [2.24, 2.45) is 0 Å². The number of nitrogens with one attached hydrogen (secondary N) is 2. The van der Waals surface area contributed by atoms with Gasteiger partial charge in [0.05, 0.1) is 0 Å². The Balaban J connectivity index is 2.09. The predicted octanol–water partition coefficient (Wildman–Crippen LogP) is 3.98. The number of halogens is 1. The Labute approximate surface area is 128 Å². The lowest BCUT2D eigenvalue weighted by molar-refractivity contribution is 0.570. The molecule has 1 heterocycles. The van der Waals surface area contributed by atoms with Gasteiger partial charge in [0.25, 0.3) is 0 Å². The summed E-state index contributed by atoms with van der Waals surface area (Å²) in [6.45, 7) is 7.15. The molecule has 2 rings (SSSR count). The van der Waals surface area contributed by atoms with E-state index >= 15 is 0 Å². The van der Waals surface area contributed by atoms with Gasteiger partial charge >= 0.3 is 0 Å². The van der Waals surface area contributed by atoms with Crippen LogP contribution in [0.15, 0.2) is 28.3 Å². The second-order valence-corrected chi connectivity index (χ2v) is 6.11. The number of H-pyrrole nitrogens is 1. The first kappa shape index (κ1) is 15.4. The monoisotopic (exact) mass is 310 g/mol. The van der Waals surface area contributed by atoms with Crippen LogP contribution in [0.3, 0.4) is 0 Å². The van der Waals surface area contributed by atoms with E-state index in [1.807, 2.05) is 13.0 Å². The van der Waals surface area contributed by atoms with Gasteiger partial charge < -0.3 is 5.32 Å². The van der Waals surface area contributed by atoms with Crippen LogP contribution in [-0.4, -0.2) is 21.7 Å². The number of aromatic nitrogens is 3. The molecule has 4 nitrogen and oxygen atoms in total. The second-order valence-electron chi connectivity index (χ2n) is 4.66. The summed E-state index contributed by atoms with van der Waals surface area (Å²) in [5, 5.41) is 11.9. The van der Waals surface area contributed by atoms with Gasteiger partial charge in [0, 0.05) is 16.0 Å². The minimum Gasteiger partial charge on any atom is -0.310 e. The molecule has 6 heteroatoms. The minimum absolute atomic E-state index is 0.257. The lowest BCUT2D eigenvalue weighted by Gasteiger charge is -2.15. The zero-order chi connectivity index (χ0) is 14.5. The molecule has 0 spiro atoms. The van der Waals surface area contributed by atoms with Crippen molar-refractivity contribution in [3.8, 4) is 0 Å². The highest BCUT2D eigenvalue weighted by atomic mass is 35.5. The zero-order valence-corrected chi connectivity index (χ0v) is 13.5. The number of hydrogen-bond acceptors (Lipinski definition) is 4. The molecule has 0 aliphatic carbocycles. The molecule has 1 aromatic heterocycles. The van der Waals surface area contributed by atoms with Gasteiger partial charge in [-0.2, -0.15) is 0 Å². The molecule has 1 unspecified atom stereocenters. The zero-order valence-electron chi connectivity index (χ0n) is 11.9. The molecule has 1 aromatic carbocycles. The van der Waals surface area contributed by atoms with Crippen molar-refractivity contribution in [3.05, 3.63) is 34.6 Å². The van der Waals surface area contributed by atoms with Crippen molar-refractivity contribution >= 4 is 23.4 Å². The smallest absolute Gasteiger partial charge is 0.213 e. The quantitative estimate of drug-likeness (QED) is 0.847. The fourth-order valence-electron chi connectivity index (χ4n) is 1.87. The van der Waals surface area contributed by atoms with Gasteiger partial charge in [-0.1, -0.05) is 24.6 Å². The molecule has 0 amide bonds. The van der Waals surface area contributed by atoms with Gasteiger partial charge in [-0.25, -0.2) is 4.98 Å². The Morgan fingerprint density at radius 3 is 2.85 bits per heavy atom. The number of aromatic amines is 1. The molecule has 0 fully saturated rings. The normalized spacial score (nSPS) is 12.6. The fraction of sp³-hybridized carbons (Fsp3) is 0.429. The van der Waals surface area contributed by atoms with E-state index in [1.165, 1.54) is 11.8 Å². The third-order valence-corrected chi connectivity index (χ3v) is 4.11. The van der Waals surface area contributed by atoms with Crippen LogP contribution in [0.25, 0.3) is 0 Å². The van der Waals surface area contributed by atoms with Crippen molar-refractivity contribution < 1.29 is 0 Å². The molecule has 0 radical (unpaired) electrons. The molecule has 0 aliphatic rings. The summed E-state index contributed by atoms with van der Waals surface area (Å²) in [7, 11) is 0. The topological polar surface area (TPSA) is 53.6 Å². The van der Waals surface area contributed by atoms with E-state index in [0.29, 0.717) is 5.16 Å². The number of rotatable bonds is 6. The van der Waals surface area contributed by atoms with Gasteiger partial charge in [-0.05, 0) is 56.3 Å². The first-order valence-electron chi connectivity index (χ1n) is 6.70. The maximum atomic E-state index is 6.37. The van der Waals surface area contributed by atoms with Crippen LogP contribution in [0.1, 0.15) is 37.7 Å². The summed E-state index contributed by atoms with van der Waals surface area (Å²) in [5.41, 5.74) is 1.12. The Bertz CT molecular complexity index is 570. The average molecular weight is 311 g/mol. The molecule has 0 bridgehead atoms. The summed E-state index contributed by atoms with van der Waals surface area (Å²) in [5.74, 6) is 0.813. The molecule has 2 aromatic rings. The first-order chi connectivity index (χ1) is 9.60. The maximum Gasteiger partial charge on any atom is 0.213 e. The van der Waals surface area contributed by atoms with Crippen molar-refractivity contribution in [1.82, 2.24) is 20.5 Å².